The molecule has 22 heavy (non-hydrogen) atoms. The molecule has 2 saturated heterocycles. The number of carbonyl (C=O) groups is 1. The number of anilines is 1. The molecule has 118 valence electrons. The Hall–Kier alpha value is -1.59. The zero-order valence-corrected chi connectivity index (χ0v) is 12.7. The van der Waals surface area contributed by atoms with Gasteiger partial charge in [0.15, 0.2) is 0 Å². The van der Waals surface area contributed by atoms with E-state index < -0.39 is 0 Å². The summed E-state index contributed by atoms with van der Waals surface area (Å²) in [5, 5.41) is 3.17. The lowest BCUT2D eigenvalue weighted by molar-refractivity contribution is 0.00810. The van der Waals surface area contributed by atoms with Crippen molar-refractivity contribution in [2.24, 2.45) is 5.92 Å². The SMILES string of the molecule is O=C(N[C@H]1C[C@@H]2OCC[C@H]12)c1cccc(N2CCOCC2)c1. The Bertz CT molecular complexity index is 557. The molecular formula is C17H22N2O3. The minimum Gasteiger partial charge on any atom is -0.378 e. The lowest BCUT2D eigenvalue weighted by Crippen LogP contribution is -2.53. The van der Waals surface area contributed by atoms with Crippen LogP contribution in [0.5, 0.6) is 0 Å². The third-order valence-corrected chi connectivity index (χ3v) is 5.06. The Morgan fingerprint density at radius 2 is 2.09 bits per heavy atom. The normalized spacial score (nSPS) is 30.5. The Morgan fingerprint density at radius 3 is 2.91 bits per heavy atom. The van der Waals surface area contributed by atoms with E-state index in [1.807, 2.05) is 18.2 Å². The van der Waals surface area contributed by atoms with Crippen LogP contribution in [0.15, 0.2) is 24.3 Å². The van der Waals surface area contributed by atoms with E-state index in [9.17, 15) is 4.79 Å². The maximum absolute atomic E-state index is 12.5. The summed E-state index contributed by atoms with van der Waals surface area (Å²) >= 11 is 0. The zero-order chi connectivity index (χ0) is 14.9. The van der Waals surface area contributed by atoms with Gasteiger partial charge in [-0.2, -0.15) is 0 Å². The van der Waals surface area contributed by atoms with E-state index in [-0.39, 0.29) is 11.9 Å². The predicted molar refractivity (Wildman–Crippen MR) is 83.2 cm³/mol. The molecule has 1 saturated carbocycles. The van der Waals surface area contributed by atoms with Crippen LogP contribution < -0.4 is 10.2 Å². The lowest BCUT2D eigenvalue weighted by Gasteiger charge is -2.39. The first-order valence-corrected chi connectivity index (χ1v) is 8.16. The van der Waals surface area contributed by atoms with Crippen LogP contribution in [-0.2, 0) is 9.47 Å². The van der Waals surface area contributed by atoms with Crippen molar-refractivity contribution in [3.05, 3.63) is 29.8 Å². The fourth-order valence-corrected chi connectivity index (χ4v) is 3.68. The topological polar surface area (TPSA) is 50.8 Å². The van der Waals surface area contributed by atoms with Gasteiger partial charge < -0.3 is 19.7 Å². The van der Waals surface area contributed by atoms with Crippen LogP contribution in [0.4, 0.5) is 5.69 Å². The molecule has 1 N–H and O–H groups in total. The number of fused-ring (bicyclic) bond motifs is 1. The first-order valence-electron chi connectivity index (χ1n) is 8.16. The van der Waals surface area contributed by atoms with Gasteiger partial charge in [-0.15, -0.1) is 0 Å². The van der Waals surface area contributed by atoms with E-state index >= 15 is 0 Å². The number of benzene rings is 1. The molecule has 1 amide bonds. The van der Waals surface area contributed by atoms with Gasteiger partial charge in [-0.05, 0) is 31.0 Å². The Kier molecular flexibility index (Phi) is 3.76. The smallest absolute Gasteiger partial charge is 0.251 e. The van der Waals surface area contributed by atoms with Crippen molar-refractivity contribution in [2.75, 3.05) is 37.8 Å². The van der Waals surface area contributed by atoms with Gasteiger partial charge in [0.2, 0.25) is 0 Å². The van der Waals surface area contributed by atoms with Crippen molar-refractivity contribution >= 4 is 11.6 Å². The minimum absolute atomic E-state index is 0.0328. The molecule has 0 aromatic heterocycles. The number of amides is 1. The summed E-state index contributed by atoms with van der Waals surface area (Å²) in [5.74, 6) is 0.553. The highest BCUT2D eigenvalue weighted by atomic mass is 16.5. The average Bonchev–Trinajstić information content (AvgIpc) is 2.94. The zero-order valence-electron chi connectivity index (χ0n) is 12.7. The molecule has 2 heterocycles. The summed E-state index contributed by atoms with van der Waals surface area (Å²) in [7, 11) is 0. The van der Waals surface area contributed by atoms with Gasteiger partial charge in [-0.3, -0.25) is 4.79 Å². The van der Waals surface area contributed by atoms with Crippen LogP contribution in [-0.4, -0.2) is 51.0 Å². The Balaban J connectivity index is 1.42. The van der Waals surface area contributed by atoms with Gasteiger partial charge in [0.05, 0.1) is 19.3 Å². The Labute approximate surface area is 130 Å². The van der Waals surface area contributed by atoms with Crippen LogP contribution in [0, 0.1) is 5.92 Å². The van der Waals surface area contributed by atoms with E-state index in [1.165, 1.54) is 0 Å². The van der Waals surface area contributed by atoms with Gasteiger partial charge in [-0.1, -0.05) is 6.07 Å². The highest BCUT2D eigenvalue weighted by molar-refractivity contribution is 5.95. The molecule has 1 aliphatic carbocycles. The largest absolute Gasteiger partial charge is 0.378 e. The van der Waals surface area contributed by atoms with Gasteiger partial charge >= 0.3 is 0 Å². The molecule has 0 spiro atoms. The predicted octanol–water partition coefficient (Wildman–Crippen LogP) is 1.43. The summed E-state index contributed by atoms with van der Waals surface area (Å²) in [5.41, 5.74) is 1.85. The third-order valence-electron chi connectivity index (χ3n) is 5.06. The number of ether oxygens (including phenoxy) is 2. The van der Waals surface area contributed by atoms with E-state index in [1.54, 1.807) is 0 Å². The van der Waals surface area contributed by atoms with E-state index in [2.05, 4.69) is 16.3 Å². The van der Waals surface area contributed by atoms with Crippen molar-refractivity contribution in [3.8, 4) is 0 Å². The molecule has 3 fully saturated rings. The van der Waals surface area contributed by atoms with Crippen LogP contribution in [0.25, 0.3) is 0 Å². The molecule has 0 radical (unpaired) electrons. The quantitative estimate of drug-likeness (QED) is 0.918. The third kappa shape index (κ3) is 2.59. The second-order valence-electron chi connectivity index (χ2n) is 6.33. The van der Waals surface area contributed by atoms with Gasteiger partial charge in [0.25, 0.3) is 5.91 Å². The summed E-state index contributed by atoms with van der Waals surface area (Å²) in [6.45, 7) is 4.11. The van der Waals surface area contributed by atoms with E-state index in [0.29, 0.717) is 12.0 Å². The lowest BCUT2D eigenvalue weighted by atomic mass is 9.76. The van der Waals surface area contributed by atoms with Gasteiger partial charge in [0, 0.05) is 42.9 Å². The van der Waals surface area contributed by atoms with Crippen molar-refractivity contribution in [2.45, 2.75) is 25.0 Å². The first-order chi connectivity index (χ1) is 10.8. The van der Waals surface area contributed by atoms with Crippen molar-refractivity contribution in [1.82, 2.24) is 5.32 Å². The number of rotatable bonds is 3. The van der Waals surface area contributed by atoms with Gasteiger partial charge in [0.1, 0.15) is 0 Å². The molecule has 0 bridgehead atoms. The number of nitrogens with one attached hydrogen (secondary N) is 1. The summed E-state index contributed by atoms with van der Waals surface area (Å²) < 4.78 is 11.0. The minimum atomic E-state index is 0.0328. The number of hydrogen-bond acceptors (Lipinski definition) is 4. The first kappa shape index (κ1) is 14.0. The number of hydrogen-bond donors (Lipinski definition) is 1. The molecule has 5 heteroatoms. The standard InChI is InChI=1S/C17H22N2O3/c20-17(18-15-11-16-14(15)4-7-22-16)12-2-1-3-13(10-12)19-5-8-21-9-6-19/h1-3,10,14-16H,4-9,11H2,(H,18,20)/t14-,15+,16+/m1/s1. The molecule has 4 rings (SSSR count). The van der Waals surface area contributed by atoms with E-state index in [0.717, 1.165) is 57.0 Å². The highest BCUT2D eigenvalue weighted by Crippen LogP contribution is 2.38. The van der Waals surface area contributed by atoms with Gasteiger partial charge in [-0.25, -0.2) is 0 Å². The molecule has 1 aromatic rings. The Morgan fingerprint density at radius 1 is 1.23 bits per heavy atom. The molecule has 3 atom stereocenters. The molecule has 3 aliphatic rings. The molecule has 5 nitrogen and oxygen atoms in total. The molecule has 2 aliphatic heterocycles. The van der Waals surface area contributed by atoms with Crippen molar-refractivity contribution in [3.63, 3.8) is 0 Å². The fourth-order valence-electron chi connectivity index (χ4n) is 3.68. The van der Waals surface area contributed by atoms with E-state index in [4.69, 9.17) is 9.47 Å². The van der Waals surface area contributed by atoms with Crippen LogP contribution in [0.3, 0.4) is 0 Å². The molecule has 0 unspecified atom stereocenters. The second-order valence-corrected chi connectivity index (χ2v) is 6.33. The number of morpholine rings is 1. The maximum atomic E-state index is 12.5. The fraction of sp³-hybridized carbons (Fsp3) is 0.588. The summed E-state index contributed by atoms with van der Waals surface area (Å²) in [6, 6.07) is 8.18. The molecule has 1 aromatic carbocycles. The molecular weight excluding hydrogens is 280 g/mol. The van der Waals surface area contributed by atoms with Crippen LogP contribution in [0.1, 0.15) is 23.2 Å². The summed E-state index contributed by atoms with van der Waals surface area (Å²) in [6.07, 6.45) is 2.41. The maximum Gasteiger partial charge on any atom is 0.251 e. The van der Waals surface area contributed by atoms with Crippen molar-refractivity contribution < 1.29 is 14.3 Å². The monoisotopic (exact) mass is 302 g/mol. The highest BCUT2D eigenvalue weighted by Gasteiger charge is 2.45. The van der Waals surface area contributed by atoms with Crippen LogP contribution >= 0.6 is 0 Å². The average molecular weight is 302 g/mol. The second kappa shape index (κ2) is 5.89. The van der Waals surface area contributed by atoms with Crippen LogP contribution in [0.2, 0.25) is 0 Å². The summed E-state index contributed by atoms with van der Waals surface area (Å²) in [4.78, 5) is 14.7. The number of nitrogens with zero attached hydrogens (tertiary/aromatic N) is 1. The number of carbonyl (C=O) groups excluding carboxylic acids is 1. The van der Waals surface area contributed by atoms with Crippen molar-refractivity contribution in [1.29, 1.82) is 0 Å².